The molecule has 1 amide bonds. The molecule has 1 fully saturated rings. The molecule has 0 aromatic heterocycles. The van der Waals surface area contributed by atoms with Gasteiger partial charge in [-0.2, -0.15) is 13.2 Å². The van der Waals surface area contributed by atoms with Crippen LogP contribution < -0.4 is 0 Å². The van der Waals surface area contributed by atoms with E-state index in [1.807, 2.05) is 0 Å². The highest BCUT2D eigenvalue weighted by molar-refractivity contribution is 7.86. The summed E-state index contributed by atoms with van der Waals surface area (Å²) >= 11 is 0. The van der Waals surface area contributed by atoms with Gasteiger partial charge in [0.15, 0.2) is 5.25 Å². The fraction of sp³-hybridized carbons (Fsp3) is 0.857. The summed E-state index contributed by atoms with van der Waals surface area (Å²) in [5.74, 6) is -1.83. The summed E-state index contributed by atoms with van der Waals surface area (Å²) in [7, 11) is -5.71. The Morgan fingerprint density at radius 1 is 1.19 bits per heavy atom. The third-order valence-corrected chi connectivity index (χ3v) is 4.67. The van der Waals surface area contributed by atoms with Crippen molar-refractivity contribution >= 4 is 22.2 Å². The van der Waals surface area contributed by atoms with E-state index in [1.165, 1.54) is 4.90 Å². The van der Waals surface area contributed by atoms with Crippen LogP contribution in [-0.2, 0) is 24.4 Å². The minimum absolute atomic E-state index is 0.124. The second kappa shape index (κ2) is 7.99. The summed E-state index contributed by atoms with van der Waals surface area (Å²) < 4.78 is 79.3. The maximum atomic E-state index is 12.6. The minimum Gasteiger partial charge on any atom is -0.747 e. The van der Waals surface area contributed by atoms with Gasteiger partial charge in [-0.15, -0.1) is 0 Å². The summed E-state index contributed by atoms with van der Waals surface area (Å²) in [4.78, 5) is 25.1. The van der Waals surface area contributed by atoms with Gasteiger partial charge < -0.3 is 18.9 Å². The Morgan fingerprint density at radius 3 is 2.08 bits per heavy atom. The normalized spacial score (nSPS) is 18.3. The fourth-order valence-electron chi connectivity index (χ4n) is 2.24. The first-order valence-corrected chi connectivity index (χ1v) is 9.24. The number of nitrogens with zero attached hydrogens (tertiary/aromatic N) is 1. The van der Waals surface area contributed by atoms with E-state index < -0.39 is 51.7 Å². The van der Waals surface area contributed by atoms with Gasteiger partial charge >= 0.3 is 18.2 Å². The number of hydrogen-bond donors (Lipinski definition) is 0. The highest BCUT2D eigenvalue weighted by Crippen LogP contribution is 2.27. The van der Waals surface area contributed by atoms with Crippen LogP contribution in [0.5, 0.6) is 0 Å². The first kappa shape index (κ1) is 22.5. The first-order valence-electron chi connectivity index (χ1n) is 7.77. The van der Waals surface area contributed by atoms with Gasteiger partial charge in [-0.25, -0.2) is 13.2 Å². The van der Waals surface area contributed by atoms with Crippen molar-refractivity contribution in [2.24, 2.45) is 5.92 Å². The average Bonchev–Trinajstić information content (AvgIpc) is 2.42. The molecule has 0 aliphatic carbocycles. The number of carbonyl (C=O) groups is 2. The van der Waals surface area contributed by atoms with Gasteiger partial charge in [0.25, 0.3) is 0 Å². The van der Waals surface area contributed by atoms with Gasteiger partial charge in [-0.1, -0.05) is 0 Å². The van der Waals surface area contributed by atoms with Crippen LogP contribution in [0.3, 0.4) is 0 Å². The number of hydrogen-bond acceptors (Lipinski definition) is 7. The lowest BCUT2D eigenvalue weighted by atomic mass is 9.97. The molecule has 1 unspecified atom stereocenters. The molecule has 0 aromatic rings. The Labute approximate surface area is 149 Å². The van der Waals surface area contributed by atoms with E-state index in [-0.39, 0.29) is 25.9 Å². The summed E-state index contributed by atoms with van der Waals surface area (Å²) in [6, 6.07) is 0. The molecule has 0 saturated carbocycles. The standard InChI is InChI=1S/C14H22F3NO7S/c1-13(2,3)25-12(20)18-6-4-9(5-7-18)11(19)24-8-10(14(15,16)17)26(21,22)23/h9-10H,4-8H2,1-3H3,(H,21,22,23)/p-1. The molecule has 0 N–H and O–H groups in total. The summed E-state index contributed by atoms with van der Waals surface area (Å²) in [5.41, 5.74) is -0.691. The van der Waals surface area contributed by atoms with Crippen LogP contribution in [0.1, 0.15) is 33.6 Å². The molecule has 1 rings (SSSR count). The van der Waals surface area contributed by atoms with Gasteiger partial charge in [0.2, 0.25) is 0 Å². The Hall–Kier alpha value is -1.56. The van der Waals surface area contributed by atoms with E-state index in [1.54, 1.807) is 20.8 Å². The van der Waals surface area contributed by atoms with Gasteiger partial charge in [0.1, 0.15) is 22.3 Å². The molecule has 1 aliphatic heterocycles. The highest BCUT2D eigenvalue weighted by atomic mass is 32.2. The van der Waals surface area contributed by atoms with E-state index in [2.05, 4.69) is 4.74 Å². The molecule has 0 bridgehead atoms. The van der Waals surface area contributed by atoms with E-state index in [4.69, 9.17) is 4.74 Å². The molecule has 0 spiro atoms. The largest absolute Gasteiger partial charge is 0.747 e. The average molecular weight is 404 g/mol. The van der Waals surface area contributed by atoms with Crippen LogP contribution in [0.2, 0.25) is 0 Å². The minimum atomic E-state index is -5.71. The molecule has 12 heteroatoms. The van der Waals surface area contributed by atoms with Crippen LogP contribution in [0.15, 0.2) is 0 Å². The molecular weight excluding hydrogens is 383 g/mol. The Kier molecular flexibility index (Phi) is 6.91. The van der Waals surface area contributed by atoms with Crippen LogP contribution in [0.25, 0.3) is 0 Å². The van der Waals surface area contributed by atoms with Crippen molar-refractivity contribution < 1.29 is 45.2 Å². The molecule has 1 aliphatic rings. The van der Waals surface area contributed by atoms with E-state index in [0.29, 0.717) is 0 Å². The Balaban J connectivity index is 2.55. The lowest BCUT2D eigenvalue weighted by Crippen LogP contribution is -2.44. The molecular formula is C14H21F3NO7S-. The predicted molar refractivity (Wildman–Crippen MR) is 81.0 cm³/mol. The van der Waals surface area contributed by atoms with Gasteiger partial charge in [-0.05, 0) is 33.6 Å². The van der Waals surface area contributed by atoms with E-state index >= 15 is 0 Å². The zero-order valence-corrected chi connectivity index (χ0v) is 15.4. The SMILES string of the molecule is CC(C)(C)OC(=O)N1CCC(C(=O)OCC(C(F)(F)F)S(=O)(=O)[O-])CC1. The van der Waals surface area contributed by atoms with Gasteiger partial charge in [0, 0.05) is 13.1 Å². The topological polar surface area (TPSA) is 113 Å². The summed E-state index contributed by atoms with van der Waals surface area (Å²) in [6.07, 6.45) is -5.66. The molecule has 26 heavy (non-hydrogen) atoms. The number of ether oxygens (including phenoxy) is 2. The van der Waals surface area contributed by atoms with Crippen LogP contribution in [0.4, 0.5) is 18.0 Å². The van der Waals surface area contributed by atoms with Crippen molar-refractivity contribution in [1.29, 1.82) is 0 Å². The molecule has 0 radical (unpaired) electrons. The number of carbonyl (C=O) groups excluding carboxylic acids is 2. The Bertz CT molecular complexity index is 619. The second-order valence-corrected chi connectivity index (χ2v) is 8.45. The molecule has 152 valence electrons. The maximum absolute atomic E-state index is 12.6. The number of amides is 1. The monoisotopic (exact) mass is 404 g/mol. The van der Waals surface area contributed by atoms with Crippen LogP contribution in [0, 0.1) is 5.92 Å². The number of likely N-dealkylation sites (tertiary alicyclic amines) is 1. The molecule has 0 aromatic carbocycles. The van der Waals surface area contributed by atoms with Crippen molar-refractivity contribution in [2.45, 2.75) is 50.6 Å². The third kappa shape index (κ3) is 6.98. The second-order valence-electron chi connectivity index (χ2n) is 6.89. The maximum Gasteiger partial charge on any atom is 0.410 e. The number of rotatable bonds is 4. The van der Waals surface area contributed by atoms with E-state index in [0.717, 1.165) is 0 Å². The summed E-state index contributed by atoms with van der Waals surface area (Å²) in [5, 5.41) is -3.30. The lowest BCUT2D eigenvalue weighted by molar-refractivity contribution is -0.161. The van der Waals surface area contributed by atoms with Crippen molar-refractivity contribution in [3.05, 3.63) is 0 Å². The lowest BCUT2D eigenvalue weighted by Gasteiger charge is -2.32. The van der Waals surface area contributed by atoms with Crippen molar-refractivity contribution in [3.63, 3.8) is 0 Å². The molecule has 1 atom stereocenters. The quantitative estimate of drug-likeness (QED) is 0.517. The number of halogens is 3. The van der Waals surface area contributed by atoms with Crippen molar-refractivity contribution in [3.8, 4) is 0 Å². The van der Waals surface area contributed by atoms with Gasteiger partial charge in [-0.3, -0.25) is 4.79 Å². The zero-order valence-electron chi connectivity index (χ0n) is 14.5. The Morgan fingerprint density at radius 2 is 1.69 bits per heavy atom. The number of alkyl halides is 3. The molecule has 8 nitrogen and oxygen atoms in total. The van der Waals surface area contributed by atoms with Crippen molar-refractivity contribution in [1.82, 2.24) is 4.90 Å². The summed E-state index contributed by atoms with van der Waals surface area (Å²) in [6.45, 7) is 3.76. The fourth-order valence-corrected chi connectivity index (χ4v) is 2.80. The zero-order chi connectivity index (χ0) is 20.3. The van der Waals surface area contributed by atoms with Crippen LogP contribution >= 0.6 is 0 Å². The first-order chi connectivity index (χ1) is 11.6. The third-order valence-electron chi connectivity index (χ3n) is 3.57. The van der Waals surface area contributed by atoms with E-state index in [9.17, 15) is 35.7 Å². The number of esters is 1. The number of piperidine rings is 1. The predicted octanol–water partition coefficient (Wildman–Crippen LogP) is 1.65. The van der Waals surface area contributed by atoms with Crippen LogP contribution in [-0.4, -0.2) is 66.7 Å². The van der Waals surface area contributed by atoms with Gasteiger partial charge in [0.05, 0.1) is 5.92 Å². The molecule has 1 heterocycles. The smallest absolute Gasteiger partial charge is 0.410 e. The highest BCUT2D eigenvalue weighted by Gasteiger charge is 2.45. The molecule has 1 saturated heterocycles. The van der Waals surface area contributed by atoms with Crippen molar-refractivity contribution in [2.75, 3.05) is 19.7 Å².